The number of pyridine rings is 1. The molecule has 3 aromatic rings. The number of aryl methyl sites for hydroxylation is 1. The van der Waals surface area contributed by atoms with E-state index < -0.39 is 11.7 Å². The van der Waals surface area contributed by atoms with E-state index in [9.17, 15) is 9.59 Å². The van der Waals surface area contributed by atoms with Gasteiger partial charge in [-0.15, -0.1) is 0 Å². The zero-order valence-electron chi connectivity index (χ0n) is 20.8. The summed E-state index contributed by atoms with van der Waals surface area (Å²) in [6, 6.07) is 11.1. The minimum absolute atomic E-state index is 0.216. The zero-order chi connectivity index (χ0) is 25.8. The fraction of sp³-hybridized carbons (Fsp3) is 0.400. The van der Waals surface area contributed by atoms with Crippen molar-refractivity contribution in [2.75, 3.05) is 25.1 Å². The number of likely N-dealkylation sites (N-methyl/N-ethyl adjacent to an activating group) is 1. The fourth-order valence-electron chi connectivity index (χ4n) is 3.44. The summed E-state index contributed by atoms with van der Waals surface area (Å²) in [5.74, 6) is 5.95. The quantitative estimate of drug-likeness (QED) is 0.357. The number of hydrogen-bond donors (Lipinski definition) is 2. The van der Waals surface area contributed by atoms with Crippen LogP contribution in [0.25, 0.3) is 5.65 Å². The number of nitrogens with one attached hydrogen (secondary N) is 1. The Balaban J connectivity index is 1.57. The Morgan fingerprint density at radius 3 is 2.46 bits per heavy atom. The van der Waals surface area contributed by atoms with Gasteiger partial charge in [0, 0.05) is 26.3 Å². The minimum atomic E-state index is -0.546. The van der Waals surface area contributed by atoms with Crippen LogP contribution in [-0.2, 0) is 17.7 Å². The van der Waals surface area contributed by atoms with Crippen LogP contribution in [0.5, 0.6) is 0 Å². The molecule has 35 heavy (non-hydrogen) atoms. The highest BCUT2D eigenvalue weighted by molar-refractivity contribution is 6.30. The van der Waals surface area contributed by atoms with Crippen molar-refractivity contribution >= 4 is 34.9 Å². The van der Waals surface area contributed by atoms with Crippen molar-refractivity contribution < 1.29 is 14.3 Å². The number of hydrogen-bond acceptors (Lipinski definition) is 6. The Morgan fingerprint density at radius 1 is 1.14 bits per heavy atom. The van der Waals surface area contributed by atoms with Gasteiger partial charge in [0.1, 0.15) is 16.9 Å². The molecular weight excluding hydrogens is 468 g/mol. The van der Waals surface area contributed by atoms with E-state index >= 15 is 0 Å². The fourth-order valence-corrected chi connectivity index (χ4v) is 3.60. The lowest BCUT2D eigenvalue weighted by Gasteiger charge is -2.26. The van der Waals surface area contributed by atoms with Crippen LogP contribution < -0.4 is 16.2 Å². The first-order valence-corrected chi connectivity index (χ1v) is 11.9. The Hall–Kier alpha value is -3.30. The average Bonchev–Trinajstić information content (AvgIpc) is 3.17. The monoisotopic (exact) mass is 500 g/mol. The normalized spacial score (nSPS) is 11.4. The number of rotatable bonds is 8. The first-order valence-electron chi connectivity index (χ1n) is 11.5. The molecule has 0 bridgehead atoms. The number of halogens is 1. The second kappa shape index (κ2) is 11.0. The largest absolute Gasteiger partial charge is 0.444 e. The molecule has 0 saturated carbocycles. The Bertz CT molecular complexity index is 1190. The molecule has 0 fully saturated rings. The van der Waals surface area contributed by atoms with E-state index in [2.05, 4.69) is 10.3 Å². The number of carbonyl (C=O) groups is 2. The lowest BCUT2D eigenvalue weighted by molar-refractivity contribution is 0.0303. The van der Waals surface area contributed by atoms with Gasteiger partial charge >= 0.3 is 6.09 Å². The maximum atomic E-state index is 13.0. The maximum Gasteiger partial charge on any atom is 0.410 e. The van der Waals surface area contributed by atoms with Crippen molar-refractivity contribution in [3.63, 3.8) is 0 Å². The summed E-state index contributed by atoms with van der Waals surface area (Å²) in [6.07, 6.45) is 1.94. The highest BCUT2D eigenvalue weighted by Gasteiger charge is 2.20. The van der Waals surface area contributed by atoms with E-state index in [1.165, 1.54) is 4.90 Å². The van der Waals surface area contributed by atoms with Gasteiger partial charge in [0.05, 0.1) is 22.9 Å². The number of imidazole rings is 1. The molecule has 2 heterocycles. The summed E-state index contributed by atoms with van der Waals surface area (Å²) in [5, 5.41) is 5.06. The van der Waals surface area contributed by atoms with Crippen LogP contribution in [0.4, 0.5) is 10.5 Å². The summed E-state index contributed by atoms with van der Waals surface area (Å²) < 4.78 is 7.07. The number of fused-ring (bicyclic) bond motifs is 1. The Morgan fingerprint density at radius 2 is 1.83 bits per heavy atom. The van der Waals surface area contributed by atoms with Gasteiger partial charge in [-0.05, 0) is 57.0 Å². The molecule has 1 aromatic carbocycles. The van der Waals surface area contributed by atoms with Crippen LogP contribution >= 0.6 is 11.6 Å². The van der Waals surface area contributed by atoms with Gasteiger partial charge in [-0.1, -0.05) is 30.7 Å². The van der Waals surface area contributed by atoms with Crippen LogP contribution in [-0.4, -0.2) is 52.0 Å². The molecule has 2 aromatic heterocycles. The number of hydrazine groups is 1. The number of nitrogens with zero attached hydrogens (tertiary/aromatic N) is 4. The van der Waals surface area contributed by atoms with Crippen LogP contribution in [0.2, 0.25) is 5.02 Å². The van der Waals surface area contributed by atoms with E-state index in [0.29, 0.717) is 42.4 Å². The molecule has 10 heteroatoms. The summed E-state index contributed by atoms with van der Waals surface area (Å²) >= 11 is 6.12. The Kier molecular flexibility index (Phi) is 8.24. The van der Waals surface area contributed by atoms with Crippen LogP contribution in [0, 0.1) is 0 Å². The van der Waals surface area contributed by atoms with Gasteiger partial charge in [-0.3, -0.25) is 9.20 Å². The van der Waals surface area contributed by atoms with Crippen LogP contribution in [0.3, 0.4) is 0 Å². The topological polar surface area (TPSA) is 105 Å². The van der Waals surface area contributed by atoms with Crippen molar-refractivity contribution in [2.24, 2.45) is 5.84 Å². The molecule has 0 spiro atoms. The van der Waals surface area contributed by atoms with Crippen LogP contribution in [0.15, 0.2) is 42.6 Å². The first-order chi connectivity index (χ1) is 16.5. The first kappa shape index (κ1) is 26.3. The van der Waals surface area contributed by atoms with Crippen molar-refractivity contribution in [2.45, 2.75) is 46.3 Å². The molecule has 0 aliphatic heterocycles. The van der Waals surface area contributed by atoms with E-state index in [1.807, 2.05) is 52.0 Å². The highest BCUT2D eigenvalue weighted by Crippen LogP contribution is 2.18. The van der Waals surface area contributed by atoms with E-state index in [-0.39, 0.29) is 5.91 Å². The third-order valence-electron chi connectivity index (χ3n) is 5.31. The van der Waals surface area contributed by atoms with E-state index in [1.54, 1.807) is 34.8 Å². The van der Waals surface area contributed by atoms with Gasteiger partial charge < -0.3 is 20.0 Å². The number of aromatic nitrogens is 2. The number of amides is 2. The predicted octanol–water partition coefficient (Wildman–Crippen LogP) is 4.03. The van der Waals surface area contributed by atoms with Gasteiger partial charge in [-0.25, -0.2) is 15.6 Å². The molecular formula is C25H33ClN6O3. The smallest absolute Gasteiger partial charge is 0.410 e. The molecule has 188 valence electrons. The number of ether oxygens (including phenoxy) is 1. The second-order valence-electron chi connectivity index (χ2n) is 9.28. The number of benzene rings is 1. The summed E-state index contributed by atoms with van der Waals surface area (Å²) in [7, 11) is 1.68. The summed E-state index contributed by atoms with van der Waals surface area (Å²) in [4.78, 5) is 31.1. The molecule has 0 unspecified atom stereocenters. The van der Waals surface area contributed by atoms with Crippen molar-refractivity contribution in [1.29, 1.82) is 0 Å². The average molecular weight is 501 g/mol. The zero-order valence-corrected chi connectivity index (χ0v) is 21.6. The number of anilines is 1. The summed E-state index contributed by atoms with van der Waals surface area (Å²) in [5.41, 5.74) is 3.06. The predicted molar refractivity (Wildman–Crippen MR) is 138 cm³/mol. The molecule has 0 aliphatic carbocycles. The van der Waals surface area contributed by atoms with Gasteiger partial charge in [-0.2, -0.15) is 0 Å². The van der Waals surface area contributed by atoms with Gasteiger partial charge in [0.25, 0.3) is 5.91 Å². The lowest BCUT2D eigenvalue weighted by Crippen LogP contribution is -2.41. The number of nitrogens with two attached hydrogens (primary N) is 1. The molecule has 3 N–H and O–H groups in total. The standard InChI is InChI=1S/C25H33ClN6O3/c1-6-20-22(31-16-18(26)9-12-21(31)29-20)23(33)28-15-17-7-10-19(11-8-17)32(27)14-13-30(5)24(34)35-25(2,3)4/h7-12,16H,6,13-15,27H2,1-5H3,(H,28,33). The van der Waals surface area contributed by atoms with Crippen LogP contribution in [0.1, 0.15) is 49.4 Å². The maximum absolute atomic E-state index is 13.0. The summed E-state index contributed by atoms with van der Waals surface area (Å²) in [6.45, 7) is 8.63. The second-order valence-corrected chi connectivity index (χ2v) is 9.72. The van der Waals surface area contributed by atoms with Gasteiger partial charge in [0.15, 0.2) is 0 Å². The van der Waals surface area contributed by atoms with Gasteiger partial charge in [0.2, 0.25) is 0 Å². The molecule has 2 amide bonds. The van der Waals surface area contributed by atoms with Crippen molar-refractivity contribution in [3.05, 3.63) is 64.6 Å². The molecule has 0 atom stereocenters. The third kappa shape index (κ3) is 6.86. The molecule has 0 aliphatic rings. The molecule has 0 radical (unpaired) electrons. The molecule has 0 saturated heterocycles. The highest BCUT2D eigenvalue weighted by atomic mass is 35.5. The lowest BCUT2D eigenvalue weighted by atomic mass is 10.2. The van der Waals surface area contributed by atoms with Crippen molar-refractivity contribution in [1.82, 2.24) is 19.6 Å². The molecule has 3 rings (SSSR count). The molecule has 9 nitrogen and oxygen atoms in total. The van der Waals surface area contributed by atoms with E-state index in [4.69, 9.17) is 22.2 Å². The minimum Gasteiger partial charge on any atom is -0.444 e. The van der Waals surface area contributed by atoms with E-state index in [0.717, 1.165) is 16.9 Å². The SMILES string of the molecule is CCc1nc2ccc(Cl)cn2c1C(=O)NCc1ccc(N(N)CCN(C)C(=O)OC(C)(C)C)cc1. The Labute approximate surface area is 210 Å². The van der Waals surface area contributed by atoms with Crippen molar-refractivity contribution in [3.8, 4) is 0 Å². The third-order valence-corrected chi connectivity index (χ3v) is 5.53. The number of carbonyl (C=O) groups excluding carboxylic acids is 2.